The van der Waals surface area contributed by atoms with Crippen molar-refractivity contribution in [2.45, 2.75) is 13.5 Å². The van der Waals surface area contributed by atoms with Gasteiger partial charge in [0.25, 0.3) is 0 Å². The van der Waals surface area contributed by atoms with Gasteiger partial charge < -0.3 is 9.88 Å². The number of hydrogen-bond acceptors (Lipinski definition) is 2. The molecule has 25 heavy (non-hydrogen) atoms. The molecule has 0 spiro atoms. The van der Waals surface area contributed by atoms with Crippen LogP contribution in [0.25, 0.3) is 21.8 Å². The number of aryl methyl sites for hydroxylation is 1. The smallest absolute Gasteiger partial charge is 0.324 e. The fourth-order valence-corrected chi connectivity index (χ4v) is 3.19. The molecule has 124 valence electrons. The van der Waals surface area contributed by atoms with Gasteiger partial charge in [0.05, 0.1) is 0 Å². The van der Waals surface area contributed by atoms with Crippen LogP contribution in [0.15, 0.2) is 66.9 Å². The van der Waals surface area contributed by atoms with Crippen molar-refractivity contribution >= 4 is 39.3 Å². The lowest BCUT2D eigenvalue weighted by molar-refractivity contribution is 0.262. The number of fused-ring (bicyclic) bond motifs is 3. The van der Waals surface area contributed by atoms with E-state index in [2.05, 4.69) is 45.3 Å². The maximum Gasteiger partial charge on any atom is 0.324 e. The second kappa shape index (κ2) is 6.28. The standard InChI is InChI=1S/C20H18N4O/c1-2-24-17-8-4-3-7-15(17)16-13-14(10-11-18(16)24)22-20(25)23-19-9-5-6-12-21-19/h3-13H,2H2,1H3,(H2,21,22,23,25). The van der Waals surface area contributed by atoms with E-state index in [1.807, 2.05) is 30.3 Å². The van der Waals surface area contributed by atoms with E-state index in [9.17, 15) is 4.79 Å². The van der Waals surface area contributed by atoms with Crippen molar-refractivity contribution in [1.29, 1.82) is 0 Å². The summed E-state index contributed by atoms with van der Waals surface area (Å²) in [7, 11) is 0. The lowest BCUT2D eigenvalue weighted by atomic mass is 10.1. The highest BCUT2D eigenvalue weighted by Crippen LogP contribution is 2.30. The Kier molecular flexibility index (Phi) is 3.82. The van der Waals surface area contributed by atoms with Crippen molar-refractivity contribution in [2.75, 3.05) is 10.6 Å². The average molecular weight is 330 g/mol. The minimum atomic E-state index is -0.308. The third kappa shape index (κ3) is 2.80. The largest absolute Gasteiger partial charge is 0.341 e. The molecule has 2 aromatic heterocycles. The Hall–Kier alpha value is -3.34. The number of hydrogen-bond donors (Lipinski definition) is 2. The minimum Gasteiger partial charge on any atom is -0.341 e. The molecule has 2 amide bonds. The van der Waals surface area contributed by atoms with E-state index in [0.29, 0.717) is 5.82 Å². The molecule has 0 saturated heterocycles. The molecular formula is C20H18N4O. The topological polar surface area (TPSA) is 59.0 Å². The van der Waals surface area contributed by atoms with Crippen LogP contribution in [0.4, 0.5) is 16.3 Å². The summed E-state index contributed by atoms with van der Waals surface area (Å²) in [6.45, 7) is 3.04. The van der Waals surface area contributed by atoms with Gasteiger partial charge in [0.2, 0.25) is 0 Å². The Balaban J connectivity index is 1.67. The number of nitrogens with zero attached hydrogens (tertiary/aromatic N) is 2. The van der Waals surface area contributed by atoms with E-state index >= 15 is 0 Å². The van der Waals surface area contributed by atoms with Crippen molar-refractivity contribution in [1.82, 2.24) is 9.55 Å². The van der Waals surface area contributed by atoms with Crippen LogP contribution in [0.2, 0.25) is 0 Å². The molecule has 0 saturated carbocycles. The minimum absolute atomic E-state index is 0.308. The number of benzene rings is 2. The molecule has 0 aliphatic rings. The van der Waals surface area contributed by atoms with Gasteiger partial charge in [-0.3, -0.25) is 5.32 Å². The number of anilines is 2. The second-order valence-electron chi connectivity index (χ2n) is 5.79. The van der Waals surface area contributed by atoms with Crippen molar-refractivity contribution < 1.29 is 4.79 Å². The van der Waals surface area contributed by atoms with E-state index in [1.54, 1.807) is 18.3 Å². The first kappa shape index (κ1) is 15.2. The highest BCUT2D eigenvalue weighted by molar-refractivity contribution is 6.10. The Morgan fingerprint density at radius 3 is 2.56 bits per heavy atom. The van der Waals surface area contributed by atoms with Crippen LogP contribution in [0, 0.1) is 0 Å². The van der Waals surface area contributed by atoms with Crippen LogP contribution in [0.5, 0.6) is 0 Å². The van der Waals surface area contributed by atoms with E-state index in [1.165, 1.54) is 16.4 Å². The van der Waals surface area contributed by atoms with Gasteiger partial charge in [0, 0.05) is 40.2 Å². The normalized spacial score (nSPS) is 10.9. The number of nitrogens with one attached hydrogen (secondary N) is 2. The van der Waals surface area contributed by atoms with E-state index < -0.39 is 0 Å². The van der Waals surface area contributed by atoms with Gasteiger partial charge in [-0.1, -0.05) is 24.3 Å². The van der Waals surface area contributed by atoms with Gasteiger partial charge in [-0.15, -0.1) is 0 Å². The van der Waals surface area contributed by atoms with Crippen molar-refractivity contribution in [3.8, 4) is 0 Å². The molecule has 4 aromatic rings. The zero-order valence-corrected chi connectivity index (χ0v) is 13.9. The Bertz CT molecular complexity index is 1050. The molecular weight excluding hydrogens is 312 g/mol. The molecule has 5 heteroatoms. The fraction of sp³-hybridized carbons (Fsp3) is 0.100. The van der Waals surface area contributed by atoms with Crippen LogP contribution < -0.4 is 10.6 Å². The quantitative estimate of drug-likeness (QED) is 0.564. The number of amides is 2. The molecule has 0 aliphatic heterocycles. The van der Waals surface area contributed by atoms with E-state index in [0.717, 1.165) is 17.6 Å². The molecule has 2 heterocycles. The van der Waals surface area contributed by atoms with Crippen molar-refractivity contribution in [3.05, 3.63) is 66.9 Å². The van der Waals surface area contributed by atoms with E-state index in [-0.39, 0.29) is 6.03 Å². The summed E-state index contributed by atoms with van der Waals surface area (Å²) >= 11 is 0. The second-order valence-corrected chi connectivity index (χ2v) is 5.79. The molecule has 0 atom stereocenters. The molecule has 0 bridgehead atoms. The average Bonchev–Trinajstić information content (AvgIpc) is 2.95. The SMILES string of the molecule is CCn1c2ccccc2c2cc(NC(=O)Nc3ccccn3)ccc21. The van der Waals surface area contributed by atoms with E-state index in [4.69, 9.17) is 0 Å². The third-order valence-electron chi connectivity index (χ3n) is 4.25. The summed E-state index contributed by atoms with van der Waals surface area (Å²) in [5, 5.41) is 7.92. The van der Waals surface area contributed by atoms with Gasteiger partial charge in [0.15, 0.2) is 0 Å². The third-order valence-corrected chi connectivity index (χ3v) is 4.25. The first-order chi connectivity index (χ1) is 12.3. The van der Waals surface area contributed by atoms with Crippen molar-refractivity contribution in [3.63, 3.8) is 0 Å². The number of pyridine rings is 1. The van der Waals surface area contributed by atoms with Gasteiger partial charge in [-0.25, -0.2) is 9.78 Å². The highest BCUT2D eigenvalue weighted by Gasteiger charge is 2.10. The van der Waals surface area contributed by atoms with Crippen LogP contribution in [-0.4, -0.2) is 15.6 Å². The van der Waals surface area contributed by atoms with Crippen molar-refractivity contribution in [2.24, 2.45) is 0 Å². The number of rotatable bonds is 3. The lowest BCUT2D eigenvalue weighted by Crippen LogP contribution is -2.19. The lowest BCUT2D eigenvalue weighted by Gasteiger charge is -2.08. The first-order valence-electron chi connectivity index (χ1n) is 8.26. The molecule has 0 radical (unpaired) electrons. The number of carbonyl (C=O) groups excluding carboxylic acids is 1. The van der Waals surface area contributed by atoms with Gasteiger partial charge in [-0.05, 0) is 43.3 Å². The first-order valence-corrected chi connectivity index (χ1v) is 8.26. The molecule has 0 aliphatic carbocycles. The summed E-state index contributed by atoms with van der Waals surface area (Å²) in [4.78, 5) is 16.3. The molecule has 0 fully saturated rings. The van der Waals surface area contributed by atoms with Crippen LogP contribution in [-0.2, 0) is 6.54 Å². The zero-order chi connectivity index (χ0) is 17.2. The number of para-hydroxylation sites is 1. The Morgan fingerprint density at radius 1 is 0.960 bits per heavy atom. The molecule has 5 nitrogen and oxygen atoms in total. The summed E-state index contributed by atoms with van der Waals surface area (Å²) < 4.78 is 2.28. The van der Waals surface area contributed by atoms with Gasteiger partial charge in [-0.2, -0.15) is 0 Å². The number of aromatic nitrogens is 2. The molecule has 2 aromatic carbocycles. The Labute approximate surface area is 145 Å². The fourth-order valence-electron chi connectivity index (χ4n) is 3.19. The van der Waals surface area contributed by atoms with Crippen LogP contribution in [0.3, 0.4) is 0 Å². The Morgan fingerprint density at radius 2 is 1.76 bits per heavy atom. The van der Waals surface area contributed by atoms with Gasteiger partial charge >= 0.3 is 6.03 Å². The summed E-state index contributed by atoms with van der Waals surface area (Å²) in [6, 6.07) is 19.4. The highest BCUT2D eigenvalue weighted by atomic mass is 16.2. The van der Waals surface area contributed by atoms with Gasteiger partial charge in [0.1, 0.15) is 5.82 Å². The number of urea groups is 1. The molecule has 0 unspecified atom stereocenters. The maximum atomic E-state index is 12.2. The predicted molar refractivity (Wildman–Crippen MR) is 102 cm³/mol. The molecule has 2 N–H and O–H groups in total. The number of carbonyl (C=O) groups is 1. The van der Waals surface area contributed by atoms with Crippen LogP contribution >= 0.6 is 0 Å². The monoisotopic (exact) mass is 330 g/mol. The summed E-state index contributed by atoms with van der Waals surface area (Å²) in [5.74, 6) is 0.517. The summed E-state index contributed by atoms with van der Waals surface area (Å²) in [5.41, 5.74) is 3.12. The predicted octanol–water partition coefficient (Wildman–Crippen LogP) is 4.85. The maximum absolute atomic E-state index is 12.2. The summed E-state index contributed by atoms with van der Waals surface area (Å²) in [6.07, 6.45) is 1.64. The zero-order valence-electron chi connectivity index (χ0n) is 13.9. The van der Waals surface area contributed by atoms with Crippen LogP contribution in [0.1, 0.15) is 6.92 Å². The molecule has 4 rings (SSSR count).